The fraction of sp³-hybridized carbons (Fsp3) is 0.333. The lowest BCUT2D eigenvalue weighted by Crippen LogP contribution is -2.51. The minimum absolute atomic E-state index is 0.0654. The molecule has 1 saturated heterocycles. The molecule has 188 valence electrons. The number of benzene rings is 3. The highest BCUT2D eigenvalue weighted by molar-refractivity contribution is 9.10. The van der Waals surface area contributed by atoms with Crippen molar-refractivity contribution in [3.05, 3.63) is 101 Å². The highest BCUT2D eigenvalue weighted by Crippen LogP contribution is 2.36. The summed E-state index contributed by atoms with van der Waals surface area (Å²) >= 11 is 3.56. The van der Waals surface area contributed by atoms with E-state index in [1.54, 1.807) is 4.90 Å². The highest BCUT2D eigenvalue weighted by Gasteiger charge is 2.40. The van der Waals surface area contributed by atoms with Crippen molar-refractivity contribution in [1.29, 1.82) is 0 Å². The molecule has 0 saturated carbocycles. The lowest BCUT2D eigenvalue weighted by atomic mass is 9.77. The predicted octanol–water partition coefficient (Wildman–Crippen LogP) is 5.73. The molecular formula is C30H33BrN2O3. The Hall–Kier alpha value is -3.12. The molecule has 1 aliphatic rings. The SMILES string of the molecule is CN(Cc1ccccc1)C(=O)C[C@@]1(COc2ccccc2)CCCN(C(=O)Cc2ccccc2Br)C1. The van der Waals surface area contributed by atoms with Gasteiger partial charge in [0.2, 0.25) is 11.8 Å². The first-order chi connectivity index (χ1) is 17.4. The van der Waals surface area contributed by atoms with E-state index in [0.29, 0.717) is 39.1 Å². The Morgan fingerprint density at radius 3 is 2.36 bits per heavy atom. The average Bonchev–Trinajstić information content (AvgIpc) is 2.90. The van der Waals surface area contributed by atoms with E-state index in [1.807, 2.05) is 96.9 Å². The Morgan fingerprint density at radius 2 is 1.64 bits per heavy atom. The monoisotopic (exact) mass is 548 g/mol. The molecule has 3 aromatic rings. The van der Waals surface area contributed by atoms with Gasteiger partial charge in [-0.15, -0.1) is 0 Å². The van der Waals surface area contributed by atoms with Gasteiger partial charge in [0.15, 0.2) is 0 Å². The van der Waals surface area contributed by atoms with Crippen molar-refractivity contribution < 1.29 is 14.3 Å². The maximum Gasteiger partial charge on any atom is 0.227 e. The zero-order valence-corrected chi connectivity index (χ0v) is 22.3. The number of carbonyl (C=O) groups is 2. The quantitative estimate of drug-likeness (QED) is 0.343. The van der Waals surface area contributed by atoms with Gasteiger partial charge in [0.1, 0.15) is 5.75 Å². The van der Waals surface area contributed by atoms with Crippen LogP contribution in [0.2, 0.25) is 0 Å². The van der Waals surface area contributed by atoms with Gasteiger partial charge in [-0.3, -0.25) is 9.59 Å². The number of carbonyl (C=O) groups excluding carboxylic acids is 2. The number of rotatable bonds is 9. The van der Waals surface area contributed by atoms with Gasteiger partial charge in [0.25, 0.3) is 0 Å². The van der Waals surface area contributed by atoms with E-state index in [9.17, 15) is 9.59 Å². The largest absolute Gasteiger partial charge is 0.493 e. The highest BCUT2D eigenvalue weighted by atomic mass is 79.9. The molecule has 1 aliphatic heterocycles. The molecule has 0 N–H and O–H groups in total. The molecule has 2 amide bonds. The molecule has 5 nitrogen and oxygen atoms in total. The predicted molar refractivity (Wildman–Crippen MR) is 146 cm³/mol. The first-order valence-corrected chi connectivity index (χ1v) is 13.2. The number of hydrogen-bond acceptors (Lipinski definition) is 3. The van der Waals surface area contributed by atoms with Crippen molar-refractivity contribution in [2.45, 2.75) is 32.2 Å². The summed E-state index contributed by atoms with van der Waals surface area (Å²) < 4.78 is 7.13. The fourth-order valence-electron chi connectivity index (χ4n) is 4.80. The Balaban J connectivity index is 1.49. The van der Waals surface area contributed by atoms with Gasteiger partial charge in [-0.2, -0.15) is 0 Å². The van der Waals surface area contributed by atoms with Crippen LogP contribution in [0.4, 0.5) is 0 Å². The molecule has 0 spiro atoms. The van der Waals surface area contributed by atoms with E-state index in [-0.39, 0.29) is 11.8 Å². The molecule has 0 unspecified atom stereocenters. The molecule has 3 aromatic carbocycles. The summed E-state index contributed by atoms with van der Waals surface area (Å²) in [6.07, 6.45) is 2.35. The van der Waals surface area contributed by atoms with Crippen LogP contribution in [-0.4, -0.2) is 48.4 Å². The Kier molecular flexibility index (Phi) is 8.81. The molecule has 1 fully saturated rings. The molecule has 1 atom stereocenters. The molecule has 0 radical (unpaired) electrons. The molecule has 36 heavy (non-hydrogen) atoms. The summed E-state index contributed by atoms with van der Waals surface area (Å²) in [7, 11) is 1.85. The first kappa shape index (κ1) is 26.0. The van der Waals surface area contributed by atoms with Crippen LogP contribution in [0.1, 0.15) is 30.4 Å². The summed E-state index contributed by atoms with van der Waals surface area (Å²) in [4.78, 5) is 30.4. The summed E-state index contributed by atoms with van der Waals surface area (Å²) in [5, 5.41) is 0. The number of para-hydroxylation sites is 1. The van der Waals surface area contributed by atoms with E-state index in [1.165, 1.54) is 0 Å². The van der Waals surface area contributed by atoms with E-state index >= 15 is 0 Å². The van der Waals surface area contributed by atoms with Gasteiger partial charge in [-0.25, -0.2) is 0 Å². The van der Waals surface area contributed by atoms with Crippen LogP contribution in [0.5, 0.6) is 5.75 Å². The van der Waals surface area contributed by atoms with E-state index in [2.05, 4.69) is 15.9 Å². The lowest BCUT2D eigenvalue weighted by Gasteiger charge is -2.43. The Morgan fingerprint density at radius 1 is 0.972 bits per heavy atom. The van der Waals surface area contributed by atoms with Crippen LogP contribution in [-0.2, 0) is 22.6 Å². The van der Waals surface area contributed by atoms with E-state index in [0.717, 1.165) is 34.2 Å². The van der Waals surface area contributed by atoms with Gasteiger partial charge in [0, 0.05) is 43.0 Å². The first-order valence-electron chi connectivity index (χ1n) is 12.4. The van der Waals surface area contributed by atoms with Crippen LogP contribution < -0.4 is 4.74 Å². The van der Waals surface area contributed by atoms with Crippen LogP contribution in [0.3, 0.4) is 0 Å². The van der Waals surface area contributed by atoms with Crippen molar-refractivity contribution >= 4 is 27.7 Å². The number of likely N-dealkylation sites (tertiary alicyclic amines) is 1. The van der Waals surface area contributed by atoms with Gasteiger partial charge in [0.05, 0.1) is 13.0 Å². The third-order valence-electron chi connectivity index (χ3n) is 6.82. The summed E-state index contributed by atoms with van der Waals surface area (Å²) in [6, 6.07) is 27.5. The van der Waals surface area contributed by atoms with Crippen LogP contribution >= 0.6 is 15.9 Å². The van der Waals surface area contributed by atoms with E-state index in [4.69, 9.17) is 4.74 Å². The second-order valence-electron chi connectivity index (χ2n) is 9.70. The number of halogens is 1. The average molecular weight is 550 g/mol. The molecule has 4 rings (SSSR count). The van der Waals surface area contributed by atoms with Gasteiger partial charge < -0.3 is 14.5 Å². The van der Waals surface area contributed by atoms with Crippen molar-refractivity contribution in [1.82, 2.24) is 9.80 Å². The second kappa shape index (κ2) is 12.2. The smallest absolute Gasteiger partial charge is 0.227 e. The molecule has 1 heterocycles. The molecule has 6 heteroatoms. The topological polar surface area (TPSA) is 49.9 Å². The molecule has 0 bridgehead atoms. The van der Waals surface area contributed by atoms with Crippen LogP contribution in [0.25, 0.3) is 0 Å². The van der Waals surface area contributed by atoms with E-state index < -0.39 is 5.41 Å². The maximum absolute atomic E-state index is 13.4. The van der Waals surface area contributed by atoms with Gasteiger partial charge in [-0.05, 0) is 42.2 Å². The fourth-order valence-corrected chi connectivity index (χ4v) is 5.23. The minimum atomic E-state index is -0.445. The normalized spacial score (nSPS) is 17.4. The van der Waals surface area contributed by atoms with Crippen LogP contribution in [0.15, 0.2) is 89.4 Å². The van der Waals surface area contributed by atoms with Crippen LogP contribution in [0, 0.1) is 5.41 Å². The lowest BCUT2D eigenvalue weighted by molar-refractivity contribution is -0.140. The van der Waals surface area contributed by atoms with Gasteiger partial charge >= 0.3 is 0 Å². The van der Waals surface area contributed by atoms with Crippen molar-refractivity contribution in [2.24, 2.45) is 5.41 Å². The van der Waals surface area contributed by atoms with Crippen molar-refractivity contribution in [3.63, 3.8) is 0 Å². The van der Waals surface area contributed by atoms with Crippen molar-refractivity contribution in [3.8, 4) is 5.75 Å². The minimum Gasteiger partial charge on any atom is -0.493 e. The number of ether oxygens (including phenoxy) is 1. The number of amides is 2. The zero-order valence-electron chi connectivity index (χ0n) is 20.7. The summed E-state index contributed by atoms with van der Waals surface area (Å²) in [6.45, 7) is 2.15. The third kappa shape index (κ3) is 6.97. The summed E-state index contributed by atoms with van der Waals surface area (Å²) in [5.74, 6) is 0.921. The molecule has 0 aliphatic carbocycles. The standard InChI is InChI=1S/C30H33BrN2O3/c1-32(21-24-11-4-2-5-12-24)29(35)20-30(23-36-26-14-6-3-7-15-26)17-10-18-33(22-30)28(34)19-25-13-8-9-16-27(25)31/h2-9,11-16H,10,17-23H2,1H3/t30-/m0/s1. The van der Waals surface area contributed by atoms with Gasteiger partial charge in [-0.1, -0.05) is 82.7 Å². The zero-order chi connectivity index (χ0) is 25.4. The third-order valence-corrected chi connectivity index (χ3v) is 7.59. The molecule has 0 aromatic heterocycles. The number of piperidine rings is 1. The Bertz CT molecular complexity index is 1160. The Labute approximate surface area is 222 Å². The van der Waals surface area contributed by atoms with Crippen molar-refractivity contribution in [2.75, 3.05) is 26.7 Å². The number of hydrogen-bond donors (Lipinski definition) is 0. The maximum atomic E-state index is 13.4. The number of nitrogens with zero attached hydrogens (tertiary/aromatic N) is 2. The summed E-state index contributed by atoms with van der Waals surface area (Å²) in [5.41, 5.74) is 1.62. The molecular weight excluding hydrogens is 516 g/mol. The second-order valence-corrected chi connectivity index (χ2v) is 10.6.